The van der Waals surface area contributed by atoms with Crippen LogP contribution in [-0.4, -0.2) is 28.3 Å². The molecule has 0 fully saturated rings. The lowest BCUT2D eigenvalue weighted by molar-refractivity contribution is -0.118. The van der Waals surface area contributed by atoms with E-state index in [0.717, 1.165) is 22.2 Å². The van der Waals surface area contributed by atoms with Gasteiger partial charge in [-0.05, 0) is 23.8 Å². The summed E-state index contributed by atoms with van der Waals surface area (Å²) in [7, 11) is 1.63. The van der Waals surface area contributed by atoms with E-state index in [9.17, 15) is 4.79 Å². The molecule has 0 bridgehead atoms. The largest absolute Gasteiger partial charge is 0.495 e. The monoisotopic (exact) mass is 387 g/mol. The molecule has 0 aliphatic heterocycles. The summed E-state index contributed by atoms with van der Waals surface area (Å²) in [4.78, 5) is 16.5. The molecule has 0 atom stereocenters. The zero-order valence-corrected chi connectivity index (χ0v) is 15.8. The molecule has 0 aliphatic carbocycles. The lowest BCUT2D eigenvalue weighted by Crippen LogP contribution is -2.24. The van der Waals surface area contributed by atoms with Crippen molar-refractivity contribution in [2.24, 2.45) is 0 Å². The molecule has 1 amide bonds. The predicted molar refractivity (Wildman–Crippen MR) is 104 cm³/mol. The summed E-state index contributed by atoms with van der Waals surface area (Å²) in [5, 5.41) is 4.25. The van der Waals surface area contributed by atoms with Crippen LogP contribution in [0.15, 0.2) is 66.1 Å². The molecule has 2 aromatic carbocycles. The zero-order valence-electron chi connectivity index (χ0n) is 14.2. The molecule has 1 N–H and O–H groups in total. The number of hydrogen-bond donors (Lipinski definition) is 1. The summed E-state index contributed by atoms with van der Waals surface area (Å²) in [6.45, 7) is 0.403. The van der Waals surface area contributed by atoms with Crippen molar-refractivity contribution >= 4 is 29.3 Å². The third-order valence-electron chi connectivity index (χ3n) is 3.72. The number of halogens is 1. The highest BCUT2D eigenvalue weighted by atomic mass is 35.5. The van der Waals surface area contributed by atoms with E-state index < -0.39 is 0 Å². The van der Waals surface area contributed by atoms with Crippen LogP contribution in [0.3, 0.4) is 0 Å². The van der Waals surface area contributed by atoms with Gasteiger partial charge >= 0.3 is 0 Å². The van der Waals surface area contributed by atoms with Crippen molar-refractivity contribution in [3.63, 3.8) is 0 Å². The Morgan fingerprint density at radius 3 is 2.81 bits per heavy atom. The quantitative estimate of drug-likeness (QED) is 0.624. The number of rotatable bonds is 7. The minimum Gasteiger partial charge on any atom is -0.495 e. The van der Waals surface area contributed by atoms with E-state index in [-0.39, 0.29) is 11.7 Å². The Hall–Kier alpha value is -2.44. The fourth-order valence-corrected chi connectivity index (χ4v) is 3.42. The molecule has 0 unspecified atom stereocenters. The maximum atomic E-state index is 12.2. The lowest BCUT2D eigenvalue weighted by Gasteiger charge is -2.11. The SMILES string of the molecule is COc1ccccc1-n1ccnc1SCC(=O)NCc1ccccc1Cl. The van der Waals surface area contributed by atoms with Crippen LogP contribution in [0.1, 0.15) is 5.56 Å². The van der Waals surface area contributed by atoms with Gasteiger partial charge in [-0.3, -0.25) is 9.36 Å². The van der Waals surface area contributed by atoms with Crippen LogP contribution in [0, 0.1) is 0 Å². The minimum atomic E-state index is -0.0792. The molecule has 1 aromatic heterocycles. The number of imidazole rings is 1. The summed E-state index contributed by atoms with van der Waals surface area (Å²) in [5.41, 5.74) is 1.77. The standard InChI is InChI=1S/C19H18ClN3O2S/c1-25-17-9-5-4-8-16(17)23-11-10-21-19(23)26-13-18(24)22-12-14-6-2-3-7-15(14)20/h2-11H,12-13H2,1H3,(H,22,24). The Morgan fingerprint density at radius 1 is 1.23 bits per heavy atom. The average Bonchev–Trinajstić information content (AvgIpc) is 3.14. The summed E-state index contributed by atoms with van der Waals surface area (Å²) in [6, 6.07) is 15.1. The highest BCUT2D eigenvalue weighted by Crippen LogP contribution is 2.27. The molecule has 0 spiro atoms. The molecule has 26 heavy (non-hydrogen) atoms. The number of nitrogens with one attached hydrogen (secondary N) is 1. The summed E-state index contributed by atoms with van der Waals surface area (Å²) >= 11 is 7.47. The number of benzene rings is 2. The van der Waals surface area contributed by atoms with Crippen molar-refractivity contribution in [2.45, 2.75) is 11.7 Å². The Labute approximate surface area is 161 Å². The first-order valence-corrected chi connectivity index (χ1v) is 9.35. The van der Waals surface area contributed by atoms with Gasteiger partial charge in [0, 0.05) is 24.0 Å². The van der Waals surface area contributed by atoms with E-state index in [1.54, 1.807) is 13.3 Å². The van der Waals surface area contributed by atoms with Gasteiger partial charge in [-0.15, -0.1) is 0 Å². The number of nitrogens with zero attached hydrogens (tertiary/aromatic N) is 2. The third-order valence-corrected chi connectivity index (χ3v) is 5.05. The molecule has 0 saturated heterocycles. The highest BCUT2D eigenvalue weighted by Gasteiger charge is 2.12. The molecule has 134 valence electrons. The van der Waals surface area contributed by atoms with Gasteiger partial charge in [-0.1, -0.05) is 53.7 Å². The number of hydrogen-bond acceptors (Lipinski definition) is 4. The molecule has 7 heteroatoms. The van der Waals surface area contributed by atoms with Crippen molar-refractivity contribution in [1.29, 1.82) is 0 Å². The maximum Gasteiger partial charge on any atom is 0.230 e. The normalized spacial score (nSPS) is 10.5. The van der Waals surface area contributed by atoms with Gasteiger partial charge in [0.2, 0.25) is 5.91 Å². The topological polar surface area (TPSA) is 56.2 Å². The Kier molecular flexibility index (Phi) is 6.20. The molecule has 3 rings (SSSR count). The maximum absolute atomic E-state index is 12.2. The lowest BCUT2D eigenvalue weighted by atomic mass is 10.2. The van der Waals surface area contributed by atoms with Crippen LogP contribution < -0.4 is 10.1 Å². The zero-order chi connectivity index (χ0) is 18.4. The fraction of sp³-hybridized carbons (Fsp3) is 0.158. The van der Waals surface area contributed by atoms with Crippen LogP contribution in [0.4, 0.5) is 0 Å². The van der Waals surface area contributed by atoms with E-state index in [4.69, 9.17) is 16.3 Å². The smallest absolute Gasteiger partial charge is 0.230 e. The second-order valence-corrected chi connectivity index (χ2v) is 6.76. The molecule has 1 heterocycles. The first-order valence-electron chi connectivity index (χ1n) is 7.98. The molecule has 0 aliphatic rings. The molecular formula is C19H18ClN3O2S. The van der Waals surface area contributed by atoms with Crippen LogP contribution in [0.5, 0.6) is 5.75 Å². The first kappa shape index (κ1) is 18.4. The van der Waals surface area contributed by atoms with Gasteiger partial charge in [0.05, 0.1) is 18.6 Å². The second-order valence-electron chi connectivity index (χ2n) is 5.41. The van der Waals surface area contributed by atoms with Crippen molar-refractivity contribution in [3.05, 3.63) is 71.5 Å². The van der Waals surface area contributed by atoms with E-state index in [1.807, 2.05) is 59.3 Å². The van der Waals surface area contributed by atoms with Gasteiger partial charge < -0.3 is 10.1 Å². The number of carbonyl (C=O) groups excluding carboxylic acids is 1. The number of thioether (sulfide) groups is 1. The van der Waals surface area contributed by atoms with Gasteiger partial charge in [0.15, 0.2) is 5.16 Å². The predicted octanol–water partition coefficient (Wildman–Crippen LogP) is 3.94. The van der Waals surface area contributed by atoms with Crippen LogP contribution in [-0.2, 0) is 11.3 Å². The third kappa shape index (κ3) is 4.39. The fourth-order valence-electron chi connectivity index (χ4n) is 2.43. The molecule has 3 aromatic rings. The van der Waals surface area contributed by atoms with Gasteiger partial charge in [0.1, 0.15) is 5.75 Å². The van der Waals surface area contributed by atoms with Crippen LogP contribution in [0.2, 0.25) is 5.02 Å². The number of methoxy groups -OCH3 is 1. The molecule has 0 saturated carbocycles. The number of ether oxygens (including phenoxy) is 1. The highest BCUT2D eigenvalue weighted by molar-refractivity contribution is 7.99. The second kappa shape index (κ2) is 8.78. The van der Waals surface area contributed by atoms with Gasteiger partial charge in [-0.25, -0.2) is 4.98 Å². The molecule has 5 nitrogen and oxygen atoms in total. The average molecular weight is 388 g/mol. The van der Waals surface area contributed by atoms with Gasteiger partial charge in [-0.2, -0.15) is 0 Å². The number of amides is 1. The first-order chi connectivity index (χ1) is 12.7. The van der Waals surface area contributed by atoms with E-state index >= 15 is 0 Å². The summed E-state index contributed by atoms with van der Waals surface area (Å²) in [6.07, 6.45) is 3.55. The number of para-hydroxylation sites is 2. The Balaban J connectivity index is 1.61. The van der Waals surface area contributed by atoms with Gasteiger partial charge in [0.25, 0.3) is 0 Å². The van der Waals surface area contributed by atoms with Crippen molar-refractivity contribution < 1.29 is 9.53 Å². The van der Waals surface area contributed by atoms with Crippen LogP contribution in [0.25, 0.3) is 5.69 Å². The van der Waals surface area contributed by atoms with E-state index in [1.165, 1.54) is 11.8 Å². The van der Waals surface area contributed by atoms with Crippen LogP contribution >= 0.6 is 23.4 Å². The minimum absolute atomic E-state index is 0.0792. The van der Waals surface area contributed by atoms with Crippen molar-refractivity contribution in [3.8, 4) is 11.4 Å². The number of aromatic nitrogens is 2. The summed E-state index contributed by atoms with van der Waals surface area (Å²) < 4.78 is 7.31. The Morgan fingerprint density at radius 2 is 2.00 bits per heavy atom. The van der Waals surface area contributed by atoms with E-state index in [0.29, 0.717) is 11.6 Å². The number of carbonyl (C=O) groups is 1. The van der Waals surface area contributed by atoms with E-state index in [2.05, 4.69) is 10.3 Å². The molecular weight excluding hydrogens is 370 g/mol. The van der Waals surface area contributed by atoms with Crippen molar-refractivity contribution in [2.75, 3.05) is 12.9 Å². The Bertz CT molecular complexity index is 898. The van der Waals surface area contributed by atoms with Crippen molar-refractivity contribution in [1.82, 2.24) is 14.9 Å². The molecule has 0 radical (unpaired) electrons. The summed E-state index contributed by atoms with van der Waals surface area (Å²) in [5.74, 6) is 0.927.